The number of nitrogens with zero attached hydrogens (tertiary/aromatic N) is 4. The number of hydrogen-bond acceptors (Lipinski definition) is 6. The standard InChI is InChI=1S/C20H18ClN5O2S/c1-13-11-17(26(24-13)15-6-2-5-14(21)12-15)22-18(27)8-3-9-19-23-20(25-28-19)16-7-4-10-29-16/h2,4-7,10-12H,3,8-9H2,1H3,(H,22,27). The third-order valence-electron chi connectivity index (χ3n) is 4.16. The Morgan fingerprint density at radius 2 is 2.17 bits per heavy atom. The summed E-state index contributed by atoms with van der Waals surface area (Å²) in [7, 11) is 0. The van der Waals surface area contributed by atoms with Crippen molar-refractivity contribution in [3.8, 4) is 16.4 Å². The van der Waals surface area contributed by atoms with Gasteiger partial charge in [-0.3, -0.25) is 4.79 Å². The Morgan fingerprint density at radius 3 is 2.97 bits per heavy atom. The van der Waals surface area contributed by atoms with Crippen LogP contribution >= 0.6 is 22.9 Å². The number of benzene rings is 1. The smallest absolute Gasteiger partial charge is 0.226 e. The number of amides is 1. The number of halogens is 1. The molecule has 0 unspecified atom stereocenters. The molecule has 0 spiro atoms. The van der Waals surface area contributed by atoms with Crippen LogP contribution in [-0.2, 0) is 11.2 Å². The lowest BCUT2D eigenvalue weighted by atomic mass is 10.2. The first-order valence-corrected chi connectivity index (χ1v) is 10.3. The predicted molar refractivity (Wildman–Crippen MR) is 112 cm³/mol. The molecule has 0 saturated heterocycles. The van der Waals surface area contributed by atoms with Crippen molar-refractivity contribution in [3.05, 3.63) is 64.5 Å². The van der Waals surface area contributed by atoms with Gasteiger partial charge >= 0.3 is 0 Å². The summed E-state index contributed by atoms with van der Waals surface area (Å²) < 4.78 is 6.94. The number of thiophene rings is 1. The first-order chi connectivity index (χ1) is 14.1. The molecule has 0 radical (unpaired) electrons. The molecule has 148 valence electrons. The minimum absolute atomic E-state index is 0.105. The normalized spacial score (nSPS) is 11.0. The maximum Gasteiger partial charge on any atom is 0.226 e. The molecule has 0 atom stereocenters. The Hall–Kier alpha value is -2.97. The summed E-state index contributed by atoms with van der Waals surface area (Å²) >= 11 is 7.63. The highest BCUT2D eigenvalue weighted by Gasteiger charge is 2.13. The molecule has 1 N–H and O–H groups in total. The highest BCUT2D eigenvalue weighted by atomic mass is 35.5. The molecule has 3 aromatic heterocycles. The zero-order valence-corrected chi connectivity index (χ0v) is 17.2. The molecule has 0 aliphatic rings. The highest BCUT2D eigenvalue weighted by molar-refractivity contribution is 7.13. The number of nitrogens with one attached hydrogen (secondary N) is 1. The fourth-order valence-electron chi connectivity index (χ4n) is 2.86. The number of carbonyl (C=O) groups excluding carboxylic acids is 1. The van der Waals surface area contributed by atoms with E-state index in [0.717, 1.165) is 16.3 Å². The van der Waals surface area contributed by atoms with Gasteiger partial charge in [0.05, 0.1) is 16.3 Å². The van der Waals surface area contributed by atoms with E-state index in [1.54, 1.807) is 28.2 Å². The van der Waals surface area contributed by atoms with E-state index in [9.17, 15) is 4.79 Å². The van der Waals surface area contributed by atoms with Gasteiger partial charge in [-0.05, 0) is 43.0 Å². The quantitative estimate of drug-likeness (QED) is 0.453. The molecule has 0 fully saturated rings. The molecule has 7 nitrogen and oxygen atoms in total. The van der Waals surface area contributed by atoms with Crippen LogP contribution in [0.15, 0.2) is 52.4 Å². The Balaban J connectivity index is 1.35. The second-order valence-corrected chi connectivity index (χ2v) is 7.84. The zero-order valence-electron chi connectivity index (χ0n) is 15.6. The summed E-state index contributed by atoms with van der Waals surface area (Å²) in [6.07, 6.45) is 1.47. The second-order valence-electron chi connectivity index (χ2n) is 6.45. The molecular weight excluding hydrogens is 410 g/mol. The van der Waals surface area contributed by atoms with E-state index in [-0.39, 0.29) is 5.91 Å². The molecule has 0 aliphatic carbocycles. The van der Waals surface area contributed by atoms with E-state index in [2.05, 4.69) is 20.6 Å². The van der Waals surface area contributed by atoms with Crippen molar-refractivity contribution < 1.29 is 9.32 Å². The van der Waals surface area contributed by atoms with Crippen LogP contribution in [0.1, 0.15) is 24.4 Å². The van der Waals surface area contributed by atoms with Crippen LogP contribution in [0.5, 0.6) is 0 Å². The average Bonchev–Trinajstić information content (AvgIpc) is 3.42. The Labute approximate surface area is 176 Å². The molecule has 1 amide bonds. The molecule has 0 aliphatic heterocycles. The summed E-state index contributed by atoms with van der Waals surface area (Å²) in [4.78, 5) is 17.7. The molecule has 4 aromatic rings. The van der Waals surface area contributed by atoms with Gasteiger partial charge in [-0.2, -0.15) is 10.1 Å². The summed E-state index contributed by atoms with van der Waals surface area (Å²) in [5, 5.41) is 13.9. The maximum absolute atomic E-state index is 12.4. The first kappa shape index (κ1) is 19.4. The summed E-state index contributed by atoms with van der Waals surface area (Å²) in [5.74, 6) is 1.61. The van der Waals surface area contributed by atoms with Crippen molar-refractivity contribution in [1.29, 1.82) is 0 Å². The van der Waals surface area contributed by atoms with Crippen LogP contribution in [0.3, 0.4) is 0 Å². The molecular formula is C20H18ClN5O2S. The van der Waals surface area contributed by atoms with Gasteiger partial charge in [-0.15, -0.1) is 11.3 Å². The largest absolute Gasteiger partial charge is 0.339 e. The maximum atomic E-state index is 12.4. The Bertz CT molecular complexity index is 1120. The van der Waals surface area contributed by atoms with Gasteiger partial charge in [0, 0.05) is 23.9 Å². The van der Waals surface area contributed by atoms with Gasteiger partial charge in [0.1, 0.15) is 5.82 Å². The minimum atomic E-state index is -0.105. The number of aryl methyl sites for hydroxylation is 2. The SMILES string of the molecule is Cc1cc(NC(=O)CCCc2nc(-c3cccs3)no2)n(-c2cccc(Cl)c2)n1. The van der Waals surface area contributed by atoms with E-state index in [0.29, 0.717) is 41.8 Å². The summed E-state index contributed by atoms with van der Waals surface area (Å²) in [6.45, 7) is 1.87. The predicted octanol–water partition coefficient (Wildman–Crippen LogP) is 4.91. The number of carbonyl (C=O) groups is 1. The third-order valence-corrected chi connectivity index (χ3v) is 5.26. The van der Waals surface area contributed by atoms with Gasteiger partial charge in [0.2, 0.25) is 17.6 Å². The lowest BCUT2D eigenvalue weighted by Gasteiger charge is -2.09. The van der Waals surface area contributed by atoms with Crippen LogP contribution in [0.4, 0.5) is 5.82 Å². The van der Waals surface area contributed by atoms with Crippen LogP contribution < -0.4 is 5.32 Å². The van der Waals surface area contributed by atoms with Crippen molar-refractivity contribution in [2.75, 3.05) is 5.32 Å². The van der Waals surface area contributed by atoms with Crippen LogP contribution in [0, 0.1) is 6.92 Å². The minimum Gasteiger partial charge on any atom is -0.339 e. The lowest BCUT2D eigenvalue weighted by molar-refractivity contribution is -0.116. The Morgan fingerprint density at radius 1 is 1.28 bits per heavy atom. The molecule has 0 bridgehead atoms. The van der Waals surface area contributed by atoms with Crippen LogP contribution in [-0.4, -0.2) is 25.8 Å². The van der Waals surface area contributed by atoms with E-state index in [1.807, 2.05) is 42.6 Å². The summed E-state index contributed by atoms with van der Waals surface area (Å²) in [6, 6.07) is 13.0. The fraction of sp³-hybridized carbons (Fsp3) is 0.200. The topological polar surface area (TPSA) is 85.8 Å². The van der Waals surface area contributed by atoms with Crippen molar-refractivity contribution in [2.24, 2.45) is 0 Å². The van der Waals surface area contributed by atoms with Crippen molar-refractivity contribution >= 4 is 34.7 Å². The Kier molecular flexibility index (Phi) is 5.73. The van der Waals surface area contributed by atoms with E-state index in [4.69, 9.17) is 16.1 Å². The monoisotopic (exact) mass is 427 g/mol. The highest BCUT2D eigenvalue weighted by Crippen LogP contribution is 2.22. The van der Waals surface area contributed by atoms with Crippen LogP contribution in [0.2, 0.25) is 5.02 Å². The van der Waals surface area contributed by atoms with Crippen LogP contribution in [0.25, 0.3) is 16.4 Å². The van der Waals surface area contributed by atoms with E-state index in [1.165, 1.54) is 0 Å². The number of hydrogen-bond donors (Lipinski definition) is 1. The number of aromatic nitrogens is 4. The van der Waals surface area contributed by atoms with E-state index >= 15 is 0 Å². The van der Waals surface area contributed by atoms with Gasteiger partial charge in [0.15, 0.2) is 0 Å². The molecule has 0 saturated carbocycles. The van der Waals surface area contributed by atoms with Gasteiger partial charge in [0.25, 0.3) is 0 Å². The van der Waals surface area contributed by atoms with Gasteiger partial charge in [-0.25, -0.2) is 4.68 Å². The molecule has 29 heavy (non-hydrogen) atoms. The molecule has 9 heteroatoms. The second kappa shape index (κ2) is 8.59. The summed E-state index contributed by atoms with van der Waals surface area (Å²) in [5.41, 5.74) is 1.58. The van der Waals surface area contributed by atoms with Crippen molar-refractivity contribution in [1.82, 2.24) is 19.9 Å². The molecule has 4 rings (SSSR count). The first-order valence-electron chi connectivity index (χ1n) is 9.07. The zero-order chi connectivity index (χ0) is 20.2. The third kappa shape index (κ3) is 4.72. The molecule has 1 aromatic carbocycles. The fourth-order valence-corrected chi connectivity index (χ4v) is 3.69. The van der Waals surface area contributed by atoms with Gasteiger partial charge < -0.3 is 9.84 Å². The average molecular weight is 428 g/mol. The number of rotatable bonds is 7. The lowest BCUT2D eigenvalue weighted by Crippen LogP contribution is -2.15. The van der Waals surface area contributed by atoms with E-state index < -0.39 is 0 Å². The van der Waals surface area contributed by atoms with Gasteiger partial charge in [-0.1, -0.05) is 28.9 Å². The van der Waals surface area contributed by atoms with Crippen molar-refractivity contribution in [3.63, 3.8) is 0 Å². The molecule has 3 heterocycles. The van der Waals surface area contributed by atoms with Crippen molar-refractivity contribution in [2.45, 2.75) is 26.2 Å². The number of anilines is 1.